The van der Waals surface area contributed by atoms with E-state index in [2.05, 4.69) is 24.1 Å². The third kappa shape index (κ3) is 4.22. The highest BCUT2D eigenvalue weighted by Crippen LogP contribution is 2.26. The van der Waals surface area contributed by atoms with E-state index in [9.17, 15) is 9.59 Å². The number of hydrogen-bond donors (Lipinski definition) is 1. The van der Waals surface area contributed by atoms with E-state index in [1.807, 2.05) is 56.3 Å². The SMILES string of the molecule is CCN(CC)c1ccc(/C=C2/C(=O)NC(=S)N(c3cc(C)ccc3C)C2=O)cc1. The Hall–Kier alpha value is -2.99. The molecule has 3 rings (SSSR count). The van der Waals surface area contributed by atoms with Crippen molar-refractivity contribution in [3.8, 4) is 0 Å². The summed E-state index contributed by atoms with van der Waals surface area (Å²) in [7, 11) is 0. The maximum atomic E-state index is 13.2. The minimum atomic E-state index is -0.477. The second kappa shape index (κ2) is 8.57. The summed E-state index contributed by atoms with van der Waals surface area (Å²) in [5.74, 6) is -0.894. The Balaban J connectivity index is 1.96. The Morgan fingerprint density at radius 3 is 2.31 bits per heavy atom. The average Bonchev–Trinajstić information content (AvgIpc) is 2.69. The van der Waals surface area contributed by atoms with Gasteiger partial charge < -0.3 is 4.90 Å². The van der Waals surface area contributed by atoms with Crippen molar-refractivity contribution in [3.05, 3.63) is 64.7 Å². The van der Waals surface area contributed by atoms with Crippen LogP contribution in [0.5, 0.6) is 0 Å². The van der Waals surface area contributed by atoms with E-state index in [0.717, 1.165) is 35.5 Å². The number of carbonyl (C=O) groups excluding carboxylic acids is 2. The molecule has 0 saturated carbocycles. The zero-order chi connectivity index (χ0) is 21.1. The summed E-state index contributed by atoms with van der Waals surface area (Å²) in [6.07, 6.45) is 1.61. The molecule has 1 heterocycles. The summed E-state index contributed by atoms with van der Waals surface area (Å²) in [5, 5.41) is 2.74. The number of anilines is 2. The van der Waals surface area contributed by atoms with Gasteiger partial charge in [0.05, 0.1) is 5.69 Å². The van der Waals surface area contributed by atoms with Crippen LogP contribution in [0, 0.1) is 13.8 Å². The number of hydrogen-bond acceptors (Lipinski definition) is 4. The van der Waals surface area contributed by atoms with Crippen molar-refractivity contribution >= 4 is 46.6 Å². The Kier molecular flexibility index (Phi) is 6.13. The van der Waals surface area contributed by atoms with Gasteiger partial charge in [0.1, 0.15) is 5.57 Å². The van der Waals surface area contributed by atoms with Gasteiger partial charge >= 0.3 is 0 Å². The van der Waals surface area contributed by atoms with Crippen LogP contribution in [0.2, 0.25) is 0 Å². The van der Waals surface area contributed by atoms with Gasteiger partial charge in [0.15, 0.2) is 5.11 Å². The summed E-state index contributed by atoms with van der Waals surface area (Å²) < 4.78 is 0. The van der Waals surface area contributed by atoms with Gasteiger partial charge in [-0.15, -0.1) is 0 Å². The molecular formula is C23H25N3O2S. The van der Waals surface area contributed by atoms with Crippen molar-refractivity contribution in [2.75, 3.05) is 22.9 Å². The maximum Gasteiger partial charge on any atom is 0.270 e. The molecule has 1 N–H and O–H groups in total. The lowest BCUT2D eigenvalue weighted by Gasteiger charge is -2.30. The molecular weight excluding hydrogens is 382 g/mol. The molecule has 1 aliphatic rings. The molecule has 6 heteroatoms. The van der Waals surface area contributed by atoms with Gasteiger partial charge in [-0.1, -0.05) is 24.3 Å². The second-order valence-corrected chi connectivity index (χ2v) is 7.40. The molecule has 150 valence electrons. The number of thiocarbonyl (C=S) groups is 1. The van der Waals surface area contributed by atoms with E-state index in [-0.39, 0.29) is 10.7 Å². The Bertz CT molecular complexity index is 992. The van der Waals surface area contributed by atoms with Crippen molar-refractivity contribution in [1.29, 1.82) is 0 Å². The summed E-state index contributed by atoms with van der Waals surface area (Å²) in [6, 6.07) is 13.6. The van der Waals surface area contributed by atoms with Crippen molar-refractivity contribution in [1.82, 2.24) is 5.32 Å². The molecule has 2 aromatic carbocycles. The topological polar surface area (TPSA) is 52.7 Å². The fourth-order valence-corrected chi connectivity index (χ4v) is 3.65. The monoisotopic (exact) mass is 407 g/mol. The van der Waals surface area contributed by atoms with Crippen LogP contribution in [0.15, 0.2) is 48.0 Å². The minimum Gasteiger partial charge on any atom is -0.372 e. The zero-order valence-electron chi connectivity index (χ0n) is 17.2. The number of nitrogens with one attached hydrogen (secondary N) is 1. The summed E-state index contributed by atoms with van der Waals surface area (Å²) in [4.78, 5) is 29.3. The summed E-state index contributed by atoms with van der Waals surface area (Å²) >= 11 is 5.30. The predicted molar refractivity (Wildman–Crippen MR) is 122 cm³/mol. The molecule has 1 fully saturated rings. The fraction of sp³-hybridized carbons (Fsp3) is 0.261. The zero-order valence-corrected chi connectivity index (χ0v) is 18.0. The highest BCUT2D eigenvalue weighted by molar-refractivity contribution is 7.80. The second-order valence-electron chi connectivity index (χ2n) is 7.01. The molecule has 1 aliphatic heterocycles. The maximum absolute atomic E-state index is 13.2. The number of nitrogens with zero attached hydrogens (tertiary/aromatic N) is 2. The van der Waals surface area contributed by atoms with Gasteiger partial charge in [-0.05, 0) is 80.9 Å². The van der Waals surface area contributed by atoms with E-state index >= 15 is 0 Å². The first kappa shape index (κ1) is 20.7. The van der Waals surface area contributed by atoms with Crippen LogP contribution < -0.4 is 15.1 Å². The predicted octanol–water partition coefficient (Wildman–Crippen LogP) is 3.98. The molecule has 0 bridgehead atoms. The van der Waals surface area contributed by atoms with E-state index in [4.69, 9.17) is 12.2 Å². The molecule has 5 nitrogen and oxygen atoms in total. The van der Waals surface area contributed by atoms with Crippen LogP contribution in [-0.2, 0) is 9.59 Å². The fourth-order valence-electron chi connectivity index (χ4n) is 3.37. The van der Waals surface area contributed by atoms with Crippen LogP contribution in [0.25, 0.3) is 6.08 Å². The first-order chi connectivity index (χ1) is 13.8. The number of amides is 2. The first-order valence-electron chi connectivity index (χ1n) is 9.69. The molecule has 0 unspecified atom stereocenters. The lowest BCUT2D eigenvalue weighted by atomic mass is 10.0. The molecule has 0 aliphatic carbocycles. The van der Waals surface area contributed by atoms with Crippen molar-refractivity contribution in [2.24, 2.45) is 0 Å². The van der Waals surface area contributed by atoms with Crippen LogP contribution in [0.3, 0.4) is 0 Å². The molecule has 2 aromatic rings. The van der Waals surface area contributed by atoms with E-state index < -0.39 is 11.8 Å². The highest BCUT2D eigenvalue weighted by Gasteiger charge is 2.35. The van der Waals surface area contributed by atoms with Crippen LogP contribution >= 0.6 is 12.2 Å². The van der Waals surface area contributed by atoms with Crippen LogP contribution in [-0.4, -0.2) is 30.0 Å². The summed E-state index contributed by atoms with van der Waals surface area (Å²) in [6.45, 7) is 9.91. The quantitative estimate of drug-likeness (QED) is 0.463. The molecule has 0 atom stereocenters. The Morgan fingerprint density at radius 1 is 1.03 bits per heavy atom. The van der Waals surface area contributed by atoms with Crippen LogP contribution in [0.1, 0.15) is 30.5 Å². The third-order valence-electron chi connectivity index (χ3n) is 5.04. The minimum absolute atomic E-state index is 0.0649. The van der Waals surface area contributed by atoms with Crippen LogP contribution in [0.4, 0.5) is 11.4 Å². The summed E-state index contributed by atoms with van der Waals surface area (Å²) in [5.41, 5.74) is 4.56. The van der Waals surface area contributed by atoms with Crippen molar-refractivity contribution in [2.45, 2.75) is 27.7 Å². The lowest BCUT2D eigenvalue weighted by molar-refractivity contribution is -0.122. The van der Waals surface area contributed by atoms with E-state index in [0.29, 0.717) is 5.69 Å². The molecule has 0 spiro atoms. The van der Waals surface area contributed by atoms with Gasteiger partial charge in [0.2, 0.25) is 0 Å². The average molecular weight is 408 g/mol. The van der Waals surface area contributed by atoms with E-state index in [1.54, 1.807) is 6.08 Å². The molecule has 0 aromatic heterocycles. The number of rotatable bonds is 5. The number of carbonyl (C=O) groups is 2. The number of benzene rings is 2. The normalized spacial score (nSPS) is 15.7. The molecule has 0 radical (unpaired) electrons. The third-order valence-corrected chi connectivity index (χ3v) is 5.32. The molecule has 1 saturated heterocycles. The van der Waals surface area contributed by atoms with E-state index in [1.165, 1.54) is 4.90 Å². The molecule has 29 heavy (non-hydrogen) atoms. The lowest BCUT2D eigenvalue weighted by Crippen LogP contribution is -2.54. The first-order valence-corrected chi connectivity index (χ1v) is 10.1. The van der Waals surface area contributed by atoms with Crippen molar-refractivity contribution < 1.29 is 9.59 Å². The van der Waals surface area contributed by atoms with Gasteiger partial charge in [-0.3, -0.25) is 19.8 Å². The highest BCUT2D eigenvalue weighted by atomic mass is 32.1. The van der Waals surface area contributed by atoms with Gasteiger partial charge in [0, 0.05) is 18.8 Å². The largest absolute Gasteiger partial charge is 0.372 e. The smallest absolute Gasteiger partial charge is 0.270 e. The van der Waals surface area contributed by atoms with Gasteiger partial charge in [0.25, 0.3) is 11.8 Å². The standard InChI is InChI=1S/C23H25N3O2S/c1-5-25(6-2)18-11-9-17(10-12-18)14-19-21(27)24-23(29)26(22(19)28)20-13-15(3)7-8-16(20)4/h7-14H,5-6H2,1-4H3,(H,24,27,29)/b19-14-. The van der Waals surface area contributed by atoms with Gasteiger partial charge in [-0.25, -0.2) is 0 Å². The van der Waals surface area contributed by atoms with Gasteiger partial charge in [-0.2, -0.15) is 0 Å². The molecule has 2 amide bonds. The van der Waals surface area contributed by atoms with Crippen molar-refractivity contribution in [3.63, 3.8) is 0 Å². The Morgan fingerprint density at radius 2 is 1.69 bits per heavy atom. The Labute approximate surface area is 177 Å². The number of aryl methyl sites for hydroxylation is 2.